The Kier molecular flexibility index (Phi) is 2.94. The van der Waals surface area contributed by atoms with E-state index in [0.717, 1.165) is 30.5 Å². The lowest BCUT2D eigenvalue weighted by Gasteiger charge is -2.02. The van der Waals surface area contributed by atoms with Crippen LogP contribution in [0.3, 0.4) is 0 Å². The van der Waals surface area contributed by atoms with Crippen LogP contribution < -0.4 is 5.32 Å². The molecule has 0 spiro atoms. The van der Waals surface area contributed by atoms with E-state index < -0.39 is 10.8 Å². The van der Waals surface area contributed by atoms with E-state index in [-0.39, 0.29) is 11.3 Å². The highest BCUT2D eigenvalue weighted by Gasteiger charge is 2.23. The van der Waals surface area contributed by atoms with Crippen molar-refractivity contribution in [3.05, 3.63) is 51.2 Å². The summed E-state index contributed by atoms with van der Waals surface area (Å²) >= 11 is 0. The van der Waals surface area contributed by atoms with Gasteiger partial charge in [-0.2, -0.15) is 0 Å². The molecule has 102 valence electrons. The number of nitro benzene ring substituents is 1. The van der Waals surface area contributed by atoms with Gasteiger partial charge in [0.25, 0.3) is 11.6 Å². The fourth-order valence-corrected chi connectivity index (χ4v) is 2.26. The lowest BCUT2D eigenvalue weighted by atomic mass is 10.2. The van der Waals surface area contributed by atoms with Crippen LogP contribution in [0.2, 0.25) is 0 Å². The highest BCUT2D eigenvalue weighted by atomic mass is 16.6. The molecule has 1 N–H and O–H groups in total. The van der Waals surface area contributed by atoms with Crippen LogP contribution in [0, 0.1) is 10.1 Å². The van der Waals surface area contributed by atoms with Crippen molar-refractivity contribution in [2.45, 2.75) is 19.3 Å². The molecule has 3 rings (SSSR count). The maximum atomic E-state index is 12.1. The zero-order chi connectivity index (χ0) is 14.1. The van der Waals surface area contributed by atoms with Crippen molar-refractivity contribution in [3.8, 4) is 0 Å². The molecule has 1 aromatic carbocycles. The largest absolute Gasteiger partial charge is 0.338 e. The van der Waals surface area contributed by atoms with E-state index in [2.05, 4.69) is 10.5 Å². The van der Waals surface area contributed by atoms with Gasteiger partial charge >= 0.3 is 0 Å². The number of non-ortho nitro benzene ring substituents is 1. The van der Waals surface area contributed by atoms with E-state index in [1.54, 1.807) is 0 Å². The Hall–Kier alpha value is -2.70. The zero-order valence-corrected chi connectivity index (χ0v) is 10.5. The Labute approximate surface area is 113 Å². The number of nitrogens with zero attached hydrogens (tertiary/aromatic N) is 2. The van der Waals surface area contributed by atoms with E-state index in [0.29, 0.717) is 5.88 Å². The third-order valence-electron chi connectivity index (χ3n) is 3.26. The Morgan fingerprint density at radius 1 is 1.40 bits per heavy atom. The molecule has 1 heterocycles. The lowest BCUT2D eigenvalue weighted by Crippen LogP contribution is -2.12. The first-order valence-corrected chi connectivity index (χ1v) is 6.18. The monoisotopic (exact) mass is 273 g/mol. The molecule has 1 aliphatic rings. The second-order valence-corrected chi connectivity index (χ2v) is 4.55. The number of carbonyl (C=O) groups excluding carboxylic acids is 1. The summed E-state index contributed by atoms with van der Waals surface area (Å²) in [7, 11) is 0. The van der Waals surface area contributed by atoms with E-state index in [1.807, 2.05) is 0 Å². The number of benzene rings is 1. The van der Waals surface area contributed by atoms with E-state index in [9.17, 15) is 14.9 Å². The molecule has 0 bridgehead atoms. The van der Waals surface area contributed by atoms with Crippen molar-refractivity contribution in [1.82, 2.24) is 5.16 Å². The van der Waals surface area contributed by atoms with Crippen molar-refractivity contribution in [2.75, 3.05) is 5.32 Å². The predicted octanol–water partition coefficient (Wildman–Crippen LogP) is 2.32. The van der Waals surface area contributed by atoms with Gasteiger partial charge in [0, 0.05) is 23.3 Å². The number of amides is 1. The number of nitro groups is 1. The third kappa shape index (κ3) is 2.13. The average molecular weight is 273 g/mol. The summed E-state index contributed by atoms with van der Waals surface area (Å²) < 4.78 is 5.09. The summed E-state index contributed by atoms with van der Waals surface area (Å²) in [6, 6.07) is 5.55. The number of fused-ring (bicyclic) bond motifs is 1. The number of aromatic nitrogens is 1. The summed E-state index contributed by atoms with van der Waals surface area (Å²) in [5.41, 5.74) is 1.88. The molecule has 7 heteroatoms. The molecule has 2 aromatic rings. The Bertz CT molecular complexity index is 693. The van der Waals surface area contributed by atoms with Crippen LogP contribution in [-0.2, 0) is 12.8 Å². The van der Waals surface area contributed by atoms with Gasteiger partial charge < -0.3 is 4.52 Å². The fourth-order valence-electron chi connectivity index (χ4n) is 2.26. The SMILES string of the molecule is O=C(Nc1onc2c1CCC2)c1cccc([N+](=O)[O-])c1. The number of hydrogen-bond donors (Lipinski definition) is 1. The first-order chi connectivity index (χ1) is 9.65. The molecular weight excluding hydrogens is 262 g/mol. The number of rotatable bonds is 3. The zero-order valence-electron chi connectivity index (χ0n) is 10.5. The molecule has 0 fully saturated rings. The minimum absolute atomic E-state index is 0.125. The van der Waals surface area contributed by atoms with Gasteiger partial charge in [-0.3, -0.25) is 20.2 Å². The molecule has 0 radical (unpaired) electrons. The van der Waals surface area contributed by atoms with Crippen LogP contribution in [0.25, 0.3) is 0 Å². The van der Waals surface area contributed by atoms with Crippen LogP contribution in [0.4, 0.5) is 11.6 Å². The van der Waals surface area contributed by atoms with E-state index in [4.69, 9.17) is 4.52 Å². The quantitative estimate of drug-likeness (QED) is 0.683. The third-order valence-corrected chi connectivity index (χ3v) is 3.26. The maximum absolute atomic E-state index is 12.1. The summed E-state index contributed by atoms with van der Waals surface area (Å²) in [6.07, 6.45) is 2.67. The fraction of sp³-hybridized carbons (Fsp3) is 0.231. The number of hydrogen-bond acceptors (Lipinski definition) is 5. The molecule has 7 nitrogen and oxygen atoms in total. The van der Waals surface area contributed by atoms with Crippen molar-refractivity contribution in [3.63, 3.8) is 0 Å². The summed E-state index contributed by atoms with van der Waals surface area (Å²) in [5, 5.41) is 17.2. The minimum atomic E-state index is -0.539. The highest BCUT2D eigenvalue weighted by molar-refractivity contribution is 6.04. The molecule has 1 aliphatic carbocycles. The van der Waals surface area contributed by atoms with Gasteiger partial charge in [-0.25, -0.2) is 0 Å². The van der Waals surface area contributed by atoms with Crippen molar-refractivity contribution in [1.29, 1.82) is 0 Å². The molecule has 0 atom stereocenters. The molecule has 1 amide bonds. The lowest BCUT2D eigenvalue weighted by molar-refractivity contribution is -0.384. The van der Waals surface area contributed by atoms with Gasteiger partial charge in [-0.05, 0) is 25.3 Å². The maximum Gasteiger partial charge on any atom is 0.270 e. The van der Waals surface area contributed by atoms with Gasteiger partial charge in [0.05, 0.1) is 10.6 Å². The predicted molar refractivity (Wildman–Crippen MR) is 69.6 cm³/mol. The average Bonchev–Trinajstić information content (AvgIpc) is 3.04. The second-order valence-electron chi connectivity index (χ2n) is 4.55. The van der Waals surface area contributed by atoms with E-state index >= 15 is 0 Å². The van der Waals surface area contributed by atoms with Gasteiger partial charge in [0.15, 0.2) is 0 Å². The number of nitrogens with one attached hydrogen (secondary N) is 1. The number of aryl methyl sites for hydroxylation is 1. The topological polar surface area (TPSA) is 98.3 Å². The smallest absolute Gasteiger partial charge is 0.270 e. The molecule has 20 heavy (non-hydrogen) atoms. The van der Waals surface area contributed by atoms with Gasteiger partial charge in [-0.1, -0.05) is 11.2 Å². The first-order valence-electron chi connectivity index (χ1n) is 6.18. The standard InChI is InChI=1S/C13H11N3O4/c17-12(8-3-1-4-9(7-8)16(18)19)14-13-10-5-2-6-11(10)15-20-13/h1,3-4,7H,2,5-6H2,(H,14,17). The van der Waals surface area contributed by atoms with Crippen LogP contribution in [-0.4, -0.2) is 16.0 Å². The second kappa shape index (κ2) is 4.76. The van der Waals surface area contributed by atoms with Crippen LogP contribution in [0.1, 0.15) is 28.0 Å². The van der Waals surface area contributed by atoms with Crippen molar-refractivity contribution < 1.29 is 14.2 Å². The molecule has 1 aromatic heterocycles. The Morgan fingerprint density at radius 3 is 3.05 bits per heavy atom. The van der Waals surface area contributed by atoms with Gasteiger partial charge in [-0.15, -0.1) is 0 Å². The first kappa shape index (κ1) is 12.3. The summed E-state index contributed by atoms with van der Waals surface area (Å²) in [4.78, 5) is 22.2. The number of carbonyl (C=O) groups is 1. The van der Waals surface area contributed by atoms with Crippen LogP contribution in [0.15, 0.2) is 28.8 Å². The highest BCUT2D eigenvalue weighted by Crippen LogP contribution is 2.28. The summed E-state index contributed by atoms with van der Waals surface area (Å²) in [6.45, 7) is 0. The van der Waals surface area contributed by atoms with Crippen LogP contribution in [0.5, 0.6) is 0 Å². The number of anilines is 1. The van der Waals surface area contributed by atoms with E-state index in [1.165, 1.54) is 24.3 Å². The van der Waals surface area contributed by atoms with Crippen molar-refractivity contribution >= 4 is 17.5 Å². The van der Waals surface area contributed by atoms with Crippen LogP contribution >= 0.6 is 0 Å². The molecular formula is C13H11N3O4. The molecule has 0 unspecified atom stereocenters. The Morgan fingerprint density at radius 2 is 2.25 bits per heavy atom. The van der Waals surface area contributed by atoms with Gasteiger partial charge in [0.2, 0.25) is 5.88 Å². The minimum Gasteiger partial charge on any atom is -0.338 e. The molecule has 0 aliphatic heterocycles. The Balaban J connectivity index is 1.82. The van der Waals surface area contributed by atoms with Crippen molar-refractivity contribution in [2.24, 2.45) is 0 Å². The normalized spacial score (nSPS) is 13.0. The molecule has 0 saturated carbocycles. The summed E-state index contributed by atoms with van der Waals surface area (Å²) in [5.74, 6) is -0.103. The molecule has 0 saturated heterocycles. The van der Waals surface area contributed by atoms with Gasteiger partial charge in [0.1, 0.15) is 0 Å².